The number of hydrogen-bond acceptors (Lipinski definition) is 5. The molecule has 0 aliphatic heterocycles. The van der Waals surface area contributed by atoms with Crippen molar-refractivity contribution < 1.29 is 22.7 Å². The maximum absolute atomic E-state index is 12.1. The van der Waals surface area contributed by atoms with E-state index in [1.165, 1.54) is 16.7 Å². The number of nitrogens with zero attached hydrogens (tertiary/aromatic N) is 2. The summed E-state index contributed by atoms with van der Waals surface area (Å²) in [5.41, 5.74) is -0.0156. The van der Waals surface area contributed by atoms with Crippen LogP contribution in [0.1, 0.15) is 13.3 Å². The van der Waals surface area contributed by atoms with Gasteiger partial charge in [0.2, 0.25) is 5.91 Å². The van der Waals surface area contributed by atoms with Gasteiger partial charge in [0.05, 0.1) is 5.75 Å². The van der Waals surface area contributed by atoms with Crippen molar-refractivity contribution in [2.75, 3.05) is 11.1 Å². The van der Waals surface area contributed by atoms with E-state index >= 15 is 0 Å². The van der Waals surface area contributed by atoms with Crippen LogP contribution in [0.15, 0.2) is 34.2 Å². The van der Waals surface area contributed by atoms with Crippen LogP contribution in [0.4, 0.5) is 18.9 Å². The molecule has 1 heterocycles. The summed E-state index contributed by atoms with van der Waals surface area (Å²) in [5, 5.41) is 9.10. The fraction of sp³-hybridized carbons (Fsp3) is 0.357. The van der Waals surface area contributed by atoms with E-state index in [1.54, 1.807) is 0 Å². The number of anilines is 1. The molecule has 0 saturated heterocycles. The van der Waals surface area contributed by atoms with E-state index in [-0.39, 0.29) is 23.1 Å². The van der Waals surface area contributed by atoms with Gasteiger partial charge in [0.25, 0.3) is 0 Å². The van der Waals surface area contributed by atoms with Crippen molar-refractivity contribution in [2.24, 2.45) is 0 Å². The molecule has 2 N–H and O–H groups in total. The molecule has 136 valence electrons. The van der Waals surface area contributed by atoms with E-state index in [2.05, 4.69) is 20.3 Å². The molecular formula is C14H15F3N4O3S. The van der Waals surface area contributed by atoms with Crippen LogP contribution >= 0.6 is 11.8 Å². The van der Waals surface area contributed by atoms with Crippen LogP contribution < -0.4 is 15.7 Å². The van der Waals surface area contributed by atoms with E-state index in [9.17, 15) is 22.8 Å². The summed E-state index contributed by atoms with van der Waals surface area (Å²) in [6.45, 7) is 2.40. The number of H-pyrrole nitrogens is 1. The third kappa shape index (κ3) is 5.85. The lowest BCUT2D eigenvalue weighted by Gasteiger charge is -2.10. The van der Waals surface area contributed by atoms with Crippen LogP contribution in [0.25, 0.3) is 0 Å². The van der Waals surface area contributed by atoms with Crippen LogP contribution in [0, 0.1) is 0 Å². The van der Waals surface area contributed by atoms with Crippen molar-refractivity contribution in [1.82, 2.24) is 14.8 Å². The highest BCUT2D eigenvalue weighted by molar-refractivity contribution is 7.99. The van der Waals surface area contributed by atoms with Crippen molar-refractivity contribution in [3.8, 4) is 5.75 Å². The van der Waals surface area contributed by atoms with Gasteiger partial charge in [-0.3, -0.25) is 9.36 Å². The number of alkyl halides is 3. The van der Waals surface area contributed by atoms with Gasteiger partial charge >= 0.3 is 12.1 Å². The van der Waals surface area contributed by atoms with Crippen LogP contribution in [0.5, 0.6) is 5.75 Å². The number of carbonyl (C=O) groups excluding carboxylic acids is 1. The third-order valence-corrected chi connectivity index (χ3v) is 3.85. The number of thioether (sulfide) groups is 1. The van der Waals surface area contributed by atoms with Crippen molar-refractivity contribution in [3.63, 3.8) is 0 Å². The summed E-state index contributed by atoms with van der Waals surface area (Å²) in [6.07, 6.45) is -4.02. The van der Waals surface area contributed by atoms with E-state index in [0.717, 1.165) is 30.3 Å². The monoisotopic (exact) mass is 376 g/mol. The summed E-state index contributed by atoms with van der Waals surface area (Å²) >= 11 is 1.08. The Morgan fingerprint density at radius 3 is 2.64 bits per heavy atom. The number of aromatic nitrogens is 3. The standard InChI is InChI=1S/C14H15F3N4O3S/c1-2-7-21-12(23)19-20-13(21)25-8-11(22)18-9-3-5-10(6-4-9)24-14(15,16)17/h3-6H,2,7-8H2,1H3,(H,18,22)(H,19,23). The predicted molar refractivity (Wildman–Crippen MR) is 85.6 cm³/mol. The molecule has 2 rings (SSSR count). The number of benzene rings is 1. The minimum Gasteiger partial charge on any atom is -0.406 e. The summed E-state index contributed by atoms with van der Waals surface area (Å²) in [5.74, 6) is -0.762. The van der Waals surface area contributed by atoms with Crippen molar-refractivity contribution in [1.29, 1.82) is 0 Å². The van der Waals surface area contributed by atoms with Gasteiger partial charge in [-0.1, -0.05) is 18.7 Å². The molecule has 11 heteroatoms. The number of carbonyl (C=O) groups is 1. The fourth-order valence-electron chi connectivity index (χ4n) is 1.90. The van der Waals surface area contributed by atoms with Gasteiger partial charge in [-0.2, -0.15) is 0 Å². The minimum absolute atomic E-state index is 0.00515. The van der Waals surface area contributed by atoms with Gasteiger partial charge in [-0.25, -0.2) is 9.89 Å². The first-order valence-electron chi connectivity index (χ1n) is 7.22. The first kappa shape index (κ1) is 18.9. The second-order valence-corrected chi connectivity index (χ2v) is 5.81. The van der Waals surface area contributed by atoms with Gasteiger partial charge in [0.1, 0.15) is 5.75 Å². The Bertz CT molecular complexity index is 771. The Morgan fingerprint density at radius 1 is 1.36 bits per heavy atom. The molecule has 0 bridgehead atoms. The van der Waals surface area contributed by atoms with E-state index < -0.39 is 6.36 Å². The van der Waals surface area contributed by atoms with Crippen LogP contribution in [-0.2, 0) is 11.3 Å². The Kier molecular flexibility index (Phi) is 6.12. The number of ether oxygens (including phenoxy) is 1. The summed E-state index contributed by atoms with van der Waals surface area (Å²) in [6, 6.07) is 4.79. The third-order valence-electron chi connectivity index (χ3n) is 2.87. The molecular weight excluding hydrogens is 361 g/mol. The Labute approximate surface area is 144 Å². The second-order valence-electron chi connectivity index (χ2n) is 4.87. The van der Waals surface area contributed by atoms with E-state index in [4.69, 9.17) is 0 Å². The molecule has 0 spiro atoms. The van der Waals surface area contributed by atoms with E-state index in [1.807, 2.05) is 6.92 Å². The summed E-state index contributed by atoms with van der Waals surface area (Å²) in [4.78, 5) is 23.4. The molecule has 25 heavy (non-hydrogen) atoms. The Morgan fingerprint density at radius 2 is 2.04 bits per heavy atom. The topological polar surface area (TPSA) is 89.0 Å². The molecule has 2 aromatic rings. The smallest absolute Gasteiger partial charge is 0.406 e. The maximum Gasteiger partial charge on any atom is 0.573 e. The fourth-order valence-corrected chi connectivity index (χ4v) is 2.67. The predicted octanol–water partition coefficient (Wildman–Crippen LogP) is 2.61. The molecule has 0 saturated carbocycles. The molecule has 7 nitrogen and oxygen atoms in total. The van der Waals surface area contributed by atoms with Crippen molar-refractivity contribution >= 4 is 23.4 Å². The first-order valence-corrected chi connectivity index (χ1v) is 8.20. The number of nitrogens with one attached hydrogen (secondary N) is 2. The number of aromatic amines is 1. The molecule has 1 aromatic heterocycles. The zero-order valence-corrected chi connectivity index (χ0v) is 13.9. The van der Waals surface area contributed by atoms with Gasteiger partial charge < -0.3 is 10.1 Å². The highest BCUT2D eigenvalue weighted by Gasteiger charge is 2.30. The normalized spacial score (nSPS) is 11.4. The molecule has 0 unspecified atom stereocenters. The lowest BCUT2D eigenvalue weighted by Crippen LogP contribution is -2.19. The quantitative estimate of drug-likeness (QED) is 0.725. The SMILES string of the molecule is CCCn1c(SCC(=O)Nc2ccc(OC(F)(F)F)cc2)n[nH]c1=O. The first-order chi connectivity index (χ1) is 11.8. The van der Waals surface area contributed by atoms with Crippen LogP contribution in [-0.4, -0.2) is 32.8 Å². The summed E-state index contributed by atoms with van der Waals surface area (Å²) in [7, 11) is 0. The van der Waals surface area contributed by atoms with Crippen LogP contribution in [0.2, 0.25) is 0 Å². The molecule has 0 aliphatic carbocycles. The lowest BCUT2D eigenvalue weighted by molar-refractivity contribution is -0.274. The number of amides is 1. The van der Waals surface area contributed by atoms with Gasteiger partial charge in [0, 0.05) is 12.2 Å². The average Bonchev–Trinajstić information content (AvgIpc) is 2.87. The van der Waals surface area contributed by atoms with Crippen LogP contribution in [0.3, 0.4) is 0 Å². The van der Waals surface area contributed by atoms with Gasteiger partial charge in [-0.15, -0.1) is 18.3 Å². The number of halogens is 3. The molecule has 0 aliphatic rings. The number of rotatable bonds is 7. The molecule has 0 atom stereocenters. The van der Waals surface area contributed by atoms with Crippen molar-refractivity contribution in [3.05, 3.63) is 34.7 Å². The second kappa shape index (κ2) is 8.10. The summed E-state index contributed by atoms with van der Waals surface area (Å²) < 4.78 is 41.4. The molecule has 1 amide bonds. The van der Waals surface area contributed by atoms with Gasteiger partial charge in [0.15, 0.2) is 5.16 Å². The van der Waals surface area contributed by atoms with Crippen molar-refractivity contribution in [2.45, 2.75) is 31.4 Å². The highest BCUT2D eigenvalue weighted by Crippen LogP contribution is 2.24. The Balaban J connectivity index is 1.89. The highest BCUT2D eigenvalue weighted by atomic mass is 32.2. The molecule has 0 radical (unpaired) electrons. The minimum atomic E-state index is -4.76. The zero-order valence-electron chi connectivity index (χ0n) is 13.1. The zero-order chi connectivity index (χ0) is 18.4. The molecule has 1 aromatic carbocycles. The van der Waals surface area contributed by atoms with Gasteiger partial charge in [-0.05, 0) is 30.7 Å². The van der Waals surface area contributed by atoms with E-state index in [0.29, 0.717) is 17.4 Å². The number of hydrogen-bond donors (Lipinski definition) is 2. The maximum atomic E-state index is 12.1. The lowest BCUT2D eigenvalue weighted by atomic mass is 10.3. The molecule has 0 fully saturated rings. The largest absolute Gasteiger partial charge is 0.573 e. The average molecular weight is 376 g/mol. The Hall–Kier alpha value is -2.43.